The summed E-state index contributed by atoms with van der Waals surface area (Å²) in [4.78, 5) is 0. The van der Waals surface area contributed by atoms with E-state index in [4.69, 9.17) is 9.84 Å². The van der Waals surface area contributed by atoms with Crippen molar-refractivity contribution in [3.63, 3.8) is 0 Å². The van der Waals surface area contributed by atoms with Gasteiger partial charge in [-0.2, -0.15) is 0 Å². The predicted molar refractivity (Wildman–Crippen MR) is 74.7 cm³/mol. The molecule has 17 heavy (non-hydrogen) atoms. The Labute approximate surface area is 111 Å². The second-order valence-corrected chi connectivity index (χ2v) is 4.70. The number of aliphatic hydroxyl groups is 1. The zero-order valence-corrected chi connectivity index (χ0v) is 11.8. The Bertz CT molecular complexity index is 331. The molecule has 1 rings (SSSR count). The van der Waals surface area contributed by atoms with E-state index in [2.05, 4.69) is 21.2 Å². The fourth-order valence-electron chi connectivity index (χ4n) is 1.55. The first-order chi connectivity index (χ1) is 8.27. The summed E-state index contributed by atoms with van der Waals surface area (Å²) in [5.41, 5.74) is 1.03. The highest BCUT2D eigenvalue weighted by atomic mass is 79.9. The molecule has 1 aromatic rings. The van der Waals surface area contributed by atoms with Gasteiger partial charge in [0.2, 0.25) is 0 Å². The summed E-state index contributed by atoms with van der Waals surface area (Å²) >= 11 is 3.43. The van der Waals surface area contributed by atoms with Gasteiger partial charge in [-0.3, -0.25) is 0 Å². The van der Waals surface area contributed by atoms with Crippen LogP contribution in [0, 0.1) is 0 Å². The maximum Gasteiger partial charge on any atom is 0.143 e. The lowest BCUT2D eigenvalue weighted by Gasteiger charge is -2.12. The van der Waals surface area contributed by atoms with Crippen LogP contribution in [0.5, 0.6) is 5.75 Å². The van der Waals surface area contributed by atoms with Crippen molar-refractivity contribution in [1.82, 2.24) is 0 Å². The molecule has 1 aromatic carbocycles. The van der Waals surface area contributed by atoms with Crippen LogP contribution in [0.25, 0.3) is 0 Å². The van der Waals surface area contributed by atoms with Crippen molar-refractivity contribution in [3.05, 3.63) is 22.7 Å². The highest BCUT2D eigenvalue weighted by molar-refractivity contribution is 9.10. The van der Waals surface area contributed by atoms with Gasteiger partial charge in [0, 0.05) is 17.6 Å². The van der Waals surface area contributed by atoms with Crippen LogP contribution < -0.4 is 10.1 Å². The lowest BCUT2D eigenvalue weighted by atomic mass is 10.2. The molecule has 0 amide bonds. The third-order valence-electron chi connectivity index (χ3n) is 2.39. The van der Waals surface area contributed by atoms with Crippen molar-refractivity contribution >= 4 is 21.6 Å². The molecule has 0 spiro atoms. The maximum atomic E-state index is 8.68. The van der Waals surface area contributed by atoms with E-state index in [0.29, 0.717) is 6.61 Å². The summed E-state index contributed by atoms with van der Waals surface area (Å²) in [6.45, 7) is 3.83. The first-order valence-corrected chi connectivity index (χ1v) is 6.84. The Morgan fingerprint density at radius 1 is 1.29 bits per heavy atom. The van der Waals surface area contributed by atoms with Crippen molar-refractivity contribution in [3.8, 4) is 5.75 Å². The number of halogens is 1. The average Bonchev–Trinajstić information content (AvgIpc) is 2.32. The number of aliphatic hydroxyl groups excluding tert-OH is 1. The Balaban J connectivity index is 2.45. The fraction of sp³-hybridized carbons (Fsp3) is 0.538. The first-order valence-electron chi connectivity index (χ1n) is 6.05. The molecule has 4 heteroatoms. The molecular formula is C13H20BrNO2. The van der Waals surface area contributed by atoms with Gasteiger partial charge in [-0.05, 0) is 44.4 Å². The van der Waals surface area contributed by atoms with E-state index in [0.717, 1.165) is 41.7 Å². The highest BCUT2D eigenvalue weighted by Gasteiger charge is 2.03. The van der Waals surface area contributed by atoms with Crippen LogP contribution in [0.15, 0.2) is 22.7 Å². The SMILES string of the molecule is CCOc1cc(Br)ccc1NCCCCCO. The number of rotatable bonds is 8. The summed E-state index contributed by atoms with van der Waals surface area (Å²) in [5.74, 6) is 0.879. The lowest BCUT2D eigenvalue weighted by molar-refractivity contribution is 0.283. The van der Waals surface area contributed by atoms with Crippen molar-refractivity contribution in [2.24, 2.45) is 0 Å². The van der Waals surface area contributed by atoms with E-state index < -0.39 is 0 Å². The molecule has 0 unspecified atom stereocenters. The standard InChI is InChI=1S/C13H20BrNO2/c1-2-17-13-10-11(14)6-7-12(13)15-8-4-3-5-9-16/h6-7,10,15-16H,2-5,8-9H2,1H3. The Hall–Kier alpha value is -0.740. The Morgan fingerprint density at radius 2 is 2.12 bits per heavy atom. The van der Waals surface area contributed by atoms with Gasteiger partial charge in [-0.1, -0.05) is 15.9 Å². The van der Waals surface area contributed by atoms with Crippen LogP contribution in [0.4, 0.5) is 5.69 Å². The molecule has 0 fully saturated rings. The monoisotopic (exact) mass is 301 g/mol. The van der Waals surface area contributed by atoms with Crippen molar-refractivity contribution in [1.29, 1.82) is 0 Å². The number of nitrogens with one attached hydrogen (secondary N) is 1. The minimum absolute atomic E-state index is 0.280. The molecule has 0 aliphatic rings. The van der Waals surface area contributed by atoms with E-state index >= 15 is 0 Å². The summed E-state index contributed by atoms with van der Waals surface area (Å²) in [7, 11) is 0. The molecule has 0 bridgehead atoms. The van der Waals surface area contributed by atoms with E-state index in [1.165, 1.54) is 0 Å². The van der Waals surface area contributed by atoms with Crippen LogP contribution >= 0.6 is 15.9 Å². The smallest absolute Gasteiger partial charge is 0.143 e. The first kappa shape index (κ1) is 14.3. The quantitative estimate of drug-likeness (QED) is 0.723. The van der Waals surface area contributed by atoms with Gasteiger partial charge in [0.05, 0.1) is 12.3 Å². The maximum absolute atomic E-state index is 8.68. The minimum atomic E-state index is 0.280. The van der Waals surface area contributed by atoms with Crippen LogP contribution in [-0.2, 0) is 0 Å². The van der Waals surface area contributed by atoms with Crippen molar-refractivity contribution < 1.29 is 9.84 Å². The molecule has 96 valence electrons. The van der Waals surface area contributed by atoms with Crippen LogP contribution in [0.1, 0.15) is 26.2 Å². The number of ether oxygens (including phenoxy) is 1. The molecule has 0 saturated carbocycles. The second-order valence-electron chi connectivity index (χ2n) is 3.78. The van der Waals surface area contributed by atoms with Gasteiger partial charge in [0.15, 0.2) is 0 Å². The molecule has 2 N–H and O–H groups in total. The summed E-state index contributed by atoms with van der Waals surface area (Å²) in [6.07, 6.45) is 2.98. The zero-order valence-electron chi connectivity index (χ0n) is 10.2. The second kappa shape index (κ2) is 8.37. The van der Waals surface area contributed by atoms with Gasteiger partial charge in [-0.25, -0.2) is 0 Å². The molecule has 0 atom stereocenters. The van der Waals surface area contributed by atoms with Gasteiger partial charge in [-0.15, -0.1) is 0 Å². The van der Waals surface area contributed by atoms with Crippen LogP contribution in [-0.4, -0.2) is 24.9 Å². The van der Waals surface area contributed by atoms with E-state index in [1.807, 2.05) is 25.1 Å². The molecule has 0 aliphatic heterocycles. The highest BCUT2D eigenvalue weighted by Crippen LogP contribution is 2.28. The van der Waals surface area contributed by atoms with Gasteiger partial charge in [0.25, 0.3) is 0 Å². The molecule has 0 radical (unpaired) electrons. The topological polar surface area (TPSA) is 41.5 Å². The number of hydrogen-bond donors (Lipinski definition) is 2. The van der Waals surface area contributed by atoms with Crippen molar-refractivity contribution in [2.45, 2.75) is 26.2 Å². The predicted octanol–water partition coefficient (Wildman–Crippen LogP) is 3.42. The van der Waals surface area contributed by atoms with Crippen LogP contribution in [0.3, 0.4) is 0 Å². The molecule has 0 aliphatic carbocycles. The number of benzene rings is 1. The zero-order chi connectivity index (χ0) is 12.5. The normalized spacial score (nSPS) is 10.3. The van der Waals surface area contributed by atoms with Gasteiger partial charge >= 0.3 is 0 Å². The summed E-state index contributed by atoms with van der Waals surface area (Å²) < 4.78 is 6.58. The third-order valence-corrected chi connectivity index (χ3v) is 2.89. The summed E-state index contributed by atoms with van der Waals surface area (Å²) in [6, 6.07) is 5.99. The van der Waals surface area contributed by atoms with E-state index in [9.17, 15) is 0 Å². The fourth-order valence-corrected chi connectivity index (χ4v) is 1.89. The Morgan fingerprint density at radius 3 is 2.82 bits per heavy atom. The lowest BCUT2D eigenvalue weighted by Crippen LogP contribution is -2.04. The minimum Gasteiger partial charge on any atom is -0.492 e. The molecule has 3 nitrogen and oxygen atoms in total. The van der Waals surface area contributed by atoms with Crippen LogP contribution in [0.2, 0.25) is 0 Å². The largest absolute Gasteiger partial charge is 0.492 e. The van der Waals surface area contributed by atoms with Gasteiger partial charge in [0.1, 0.15) is 5.75 Å². The third kappa shape index (κ3) is 5.41. The summed E-state index contributed by atoms with van der Waals surface area (Å²) in [5, 5.41) is 12.0. The van der Waals surface area contributed by atoms with Gasteiger partial charge < -0.3 is 15.2 Å². The van der Waals surface area contributed by atoms with Crippen molar-refractivity contribution in [2.75, 3.05) is 25.1 Å². The number of unbranched alkanes of at least 4 members (excludes halogenated alkanes) is 2. The van der Waals surface area contributed by atoms with E-state index in [1.54, 1.807) is 0 Å². The Kier molecular flexibility index (Phi) is 7.05. The molecule has 0 heterocycles. The number of anilines is 1. The molecular weight excluding hydrogens is 282 g/mol. The molecule has 0 aromatic heterocycles. The van der Waals surface area contributed by atoms with E-state index in [-0.39, 0.29) is 6.61 Å². The number of hydrogen-bond acceptors (Lipinski definition) is 3. The average molecular weight is 302 g/mol. The molecule has 0 saturated heterocycles.